The molecule has 5 aliphatic carbocycles. The number of rotatable bonds is 2. The van der Waals surface area contributed by atoms with Gasteiger partial charge < -0.3 is 39.4 Å². The summed E-state index contributed by atoms with van der Waals surface area (Å²) in [5.41, 5.74) is -5.01. The number of ether oxygens (including phenoxy) is 4. The van der Waals surface area contributed by atoms with Gasteiger partial charge in [-0.1, -0.05) is 20.8 Å². The predicted octanol–water partition coefficient (Wildman–Crippen LogP) is 1.09. The average molecular weight is 605 g/mol. The van der Waals surface area contributed by atoms with Crippen LogP contribution in [0, 0.1) is 57.7 Å². The van der Waals surface area contributed by atoms with E-state index >= 15 is 0 Å². The van der Waals surface area contributed by atoms with Gasteiger partial charge in [0.05, 0.1) is 29.8 Å². The second-order valence-corrected chi connectivity index (χ2v) is 15.4. The van der Waals surface area contributed by atoms with Gasteiger partial charge in [0, 0.05) is 30.6 Å². The molecule has 2 saturated heterocycles. The van der Waals surface area contributed by atoms with Crippen LogP contribution in [0.3, 0.4) is 0 Å². The molecule has 0 aromatic rings. The quantitative estimate of drug-likeness (QED) is 0.202. The fraction of sp³-hybridized carbons (Fsp3) is 0.844. The Kier molecular flexibility index (Phi) is 6.07. The molecular formula is C32H44O11. The molecule has 11 nitrogen and oxygen atoms in total. The van der Waals surface area contributed by atoms with Crippen molar-refractivity contribution in [2.75, 3.05) is 0 Å². The van der Waals surface area contributed by atoms with Gasteiger partial charge in [-0.15, -0.1) is 0 Å². The highest BCUT2D eigenvalue weighted by atomic mass is 16.6. The molecule has 11 heteroatoms. The van der Waals surface area contributed by atoms with Crippen molar-refractivity contribution in [1.29, 1.82) is 0 Å². The van der Waals surface area contributed by atoms with Gasteiger partial charge in [-0.3, -0.25) is 9.59 Å². The van der Waals surface area contributed by atoms with E-state index in [4.69, 9.17) is 18.9 Å². The van der Waals surface area contributed by atoms with E-state index in [2.05, 4.69) is 0 Å². The molecule has 7 rings (SSSR count). The molecule has 2 heterocycles. The molecule has 43 heavy (non-hydrogen) atoms. The third-order valence-corrected chi connectivity index (χ3v) is 13.7. The normalized spacial score (nSPS) is 59.2. The standard InChI is InChI=1S/C32H44O11/c1-11-8-18-31(6,32(7,39)28(38)43-18)22-20(11)30(5)17(40-12(2)33)10-14-19(21(30)25(22)37)24(36)23(35)15-9-16-26(42-16)27(29(14,15)4)41-13(3)34/h8,11,14-17,19-27,35-37,39H,9-10H2,1-7H3/t11?,14?,15?,16-,17-,19?,20?,21?,22?,23-,24?,25?,26-,27-,29+,30+,31-,32+/m0/s1. The lowest BCUT2D eigenvalue weighted by Crippen LogP contribution is -2.71. The Bertz CT molecular complexity index is 1310. The van der Waals surface area contributed by atoms with Crippen LogP contribution in [-0.4, -0.2) is 86.7 Å². The second kappa shape index (κ2) is 8.81. The van der Waals surface area contributed by atoms with Gasteiger partial charge in [-0.25, -0.2) is 4.79 Å². The van der Waals surface area contributed by atoms with Crippen LogP contribution in [0.1, 0.15) is 61.3 Å². The Labute approximate surface area is 250 Å². The first kappa shape index (κ1) is 29.6. The van der Waals surface area contributed by atoms with E-state index in [1.807, 2.05) is 26.8 Å². The summed E-state index contributed by atoms with van der Waals surface area (Å²) in [6, 6.07) is 0. The molecule has 6 fully saturated rings. The Morgan fingerprint density at radius 2 is 1.53 bits per heavy atom. The number of epoxide rings is 1. The fourth-order valence-electron chi connectivity index (χ4n) is 11.8. The molecule has 0 aromatic carbocycles. The minimum Gasteiger partial charge on any atom is -0.462 e. The van der Waals surface area contributed by atoms with Crippen LogP contribution in [0.15, 0.2) is 11.8 Å². The van der Waals surface area contributed by atoms with Gasteiger partial charge in [0.25, 0.3) is 0 Å². The molecule has 18 atom stereocenters. The summed E-state index contributed by atoms with van der Waals surface area (Å²) in [6.07, 6.45) is -2.88. The zero-order valence-corrected chi connectivity index (χ0v) is 25.7. The highest BCUT2D eigenvalue weighted by molar-refractivity contribution is 5.85. The maximum absolute atomic E-state index is 13.0. The molecule has 4 saturated carbocycles. The maximum atomic E-state index is 13.0. The van der Waals surface area contributed by atoms with Gasteiger partial charge in [-0.05, 0) is 68.3 Å². The lowest BCUT2D eigenvalue weighted by Gasteiger charge is -2.65. The summed E-state index contributed by atoms with van der Waals surface area (Å²) in [6.45, 7) is 11.7. The average Bonchev–Trinajstić information content (AvgIpc) is 3.60. The zero-order valence-electron chi connectivity index (χ0n) is 25.7. The maximum Gasteiger partial charge on any atom is 0.343 e. The lowest BCUT2D eigenvalue weighted by atomic mass is 9.41. The number of hydrogen-bond donors (Lipinski definition) is 4. The summed E-state index contributed by atoms with van der Waals surface area (Å²) < 4.78 is 23.6. The van der Waals surface area contributed by atoms with E-state index in [-0.39, 0.29) is 24.0 Å². The van der Waals surface area contributed by atoms with E-state index < -0.39 is 99.9 Å². The number of carbonyl (C=O) groups is 3. The topological polar surface area (TPSA) is 172 Å². The summed E-state index contributed by atoms with van der Waals surface area (Å²) in [5.74, 6) is -5.03. The third-order valence-electron chi connectivity index (χ3n) is 13.7. The van der Waals surface area contributed by atoms with Crippen molar-refractivity contribution in [3.8, 4) is 0 Å². The predicted molar refractivity (Wildman–Crippen MR) is 146 cm³/mol. The third kappa shape index (κ3) is 3.36. The largest absolute Gasteiger partial charge is 0.462 e. The summed E-state index contributed by atoms with van der Waals surface area (Å²) in [7, 11) is 0. The monoisotopic (exact) mass is 604 g/mol. The van der Waals surface area contributed by atoms with Crippen LogP contribution in [0.4, 0.5) is 0 Å². The SMILES string of the molecule is CC(=O)O[C@H]1CC2C(C(O)[C@@H](O)C3C[C@@H]4O[C@@H]4[C@H](OC(C)=O)[C@]23C)C2C(O)C3C(C(C)C=C4OC(=O)[C@@](C)(O)[C@@]43C)[C@]21C. The summed E-state index contributed by atoms with van der Waals surface area (Å²) >= 11 is 0. The molecule has 0 spiro atoms. The second-order valence-electron chi connectivity index (χ2n) is 15.4. The molecule has 2 aliphatic heterocycles. The highest BCUT2D eigenvalue weighted by Gasteiger charge is 2.80. The Morgan fingerprint density at radius 3 is 2.16 bits per heavy atom. The van der Waals surface area contributed by atoms with Crippen molar-refractivity contribution in [3.05, 3.63) is 11.8 Å². The van der Waals surface area contributed by atoms with E-state index in [0.29, 0.717) is 18.6 Å². The number of aliphatic hydroxyl groups excluding tert-OH is 3. The van der Waals surface area contributed by atoms with Crippen LogP contribution in [0.5, 0.6) is 0 Å². The Balaban J connectivity index is 1.42. The molecular weight excluding hydrogens is 560 g/mol. The van der Waals surface area contributed by atoms with Gasteiger partial charge >= 0.3 is 17.9 Å². The van der Waals surface area contributed by atoms with Crippen molar-refractivity contribution < 1.29 is 53.8 Å². The van der Waals surface area contributed by atoms with Gasteiger partial charge in [0.1, 0.15) is 24.1 Å². The van der Waals surface area contributed by atoms with Crippen LogP contribution in [0.25, 0.3) is 0 Å². The van der Waals surface area contributed by atoms with Crippen molar-refractivity contribution in [1.82, 2.24) is 0 Å². The first-order valence-corrected chi connectivity index (χ1v) is 15.6. The smallest absolute Gasteiger partial charge is 0.343 e. The first-order chi connectivity index (χ1) is 19.9. The number of esters is 3. The molecule has 0 amide bonds. The van der Waals surface area contributed by atoms with Crippen molar-refractivity contribution >= 4 is 17.9 Å². The van der Waals surface area contributed by atoms with E-state index in [1.165, 1.54) is 20.8 Å². The number of fused-ring (bicyclic) bond motifs is 10. The minimum atomic E-state index is -1.94. The highest BCUT2D eigenvalue weighted by Crippen LogP contribution is 2.75. The summed E-state index contributed by atoms with van der Waals surface area (Å²) in [4.78, 5) is 38.0. The molecule has 238 valence electrons. The van der Waals surface area contributed by atoms with E-state index in [1.54, 1.807) is 6.92 Å². The van der Waals surface area contributed by atoms with Gasteiger partial charge in [0.2, 0.25) is 0 Å². The lowest BCUT2D eigenvalue weighted by molar-refractivity contribution is -0.266. The van der Waals surface area contributed by atoms with E-state index in [9.17, 15) is 34.8 Å². The number of hydrogen-bond acceptors (Lipinski definition) is 11. The molecule has 0 bridgehead atoms. The van der Waals surface area contributed by atoms with Crippen molar-refractivity contribution in [3.63, 3.8) is 0 Å². The van der Waals surface area contributed by atoms with Gasteiger partial charge in [0.15, 0.2) is 5.60 Å². The van der Waals surface area contributed by atoms with Crippen LogP contribution in [-0.2, 0) is 33.3 Å². The Hall–Kier alpha value is -2.05. The number of aliphatic hydroxyl groups is 4. The molecule has 9 unspecified atom stereocenters. The number of allylic oxidation sites excluding steroid dienone is 1. The summed E-state index contributed by atoms with van der Waals surface area (Å²) in [5, 5.41) is 47.9. The van der Waals surface area contributed by atoms with Crippen LogP contribution in [0.2, 0.25) is 0 Å². The first-order valence-electron chi connectivity index (χ1n) is 15.6. The molecule has 7 aliphatic rings. The van der Waals surface area contributed by atoms with Crippen LogP contribution < -0.4 is 0 Å². The number of carbonyl (C=O) groups excluding carboxylic acids is 3. The van der Waals surface area contributed by atoms with E-state index in [0.717, 1.165) is 0 Å². The van der Waals surface area contributed by atoms with Crippen molar-refractivity contribution in [2.45, 2.75) is 110 Å². The molecule has 4 N–H and O–H groups in total. The van der Waals surface area contributed by atoms with Gasteiger partial charge in [-0.2, -0.15) is 0 Å². The van der Waals surface area contributed by atoms with Crippen LogP contribution >= 0.6 is 0 Å². The minimum absolute atomic E-state index is 0.189. The van der Waals surface area contributed by atoms with Crippen molar-refractivity contribution in [2.24, 2.45) is 57.7 Å². The Morgan fingerprint density at radius 1 is 0.884 bits per heavy atom. The molecule has 0 aromatic heterocycles. The molecule has 0 radical (unpaired) electrons. The zero-order chi connectivity index (χ0) is 31.3. The fourth-order valence-corrected chi connectivity index (χ4v) is 11.8.